The number of nitrogen functional groups attached to an aromatic ring is 1. The number of aromatic hydroxyl groups is 1. The number of hydrogen-bond acceptors (Lipinski definition) is 13. The molecule has 14 nitrogen and oxygen atoms in total. The summed E-state index contributed by atoms with van der Waals surface area (Å²) < 4.78 is 136. The second-order valence-electron chi connectivity index (χ2n) is 16.6. The lowest BCUT2D eigenvalue weighted by molar-refractivity contribution is -0.275. The molecule has 0 atom stereocenters. The SMILES string of the molecule is C/C(COc1ccc(Cl)cc1)=N\Nc1cccc(OC(F)(F)F)c1.CC(=O)CCl.CC(=O)COc1ccc(Cl)cc1.Cc1[nH]c2cc(OC(F)(F)F)ccc2c1Oc1ccc(Cl)cc1.NNc1cccc(OC(F)(F)F)c1.Oc1ccc(Cl)cc1. The molecule has 0 saturated heterocycles. The van der Waals surface area contributed by atoms with Crippen molar-refractivity contribution in [3.63, 3.8) is 0 Å². The second kappa shape index (κ2) is 35.4. The average molecular weight is 1300 g/mol. The first-order chi connectivity index (χ1) is 39.9. The van der Waals surface area contributed by atoms with Gasteiger partial charge in [-0.1, -0.05) is 58.5 Å². The zero-order valence-electron chi connectivity index (χ0n) is 44.7. The first-order valence-electron chi connectivity index (χ1n) is 23.9. The smallest absolute Gasteiger partial charge is 0.508 e. The number of hydrogen-bond donors (Lipinski definition) is 5. The number of hydrazine groups is 1. The predicted molar refractivity (Wildman–Crippen MR) is 311 cm³/mol. The summed E-state index contributed by atoms with van der Waals surface area (Å²) in [6, 6.07) is 41.6. The maximum atomic E-state index is 12.3. The molecular weight excluding hydrogens is 1250 g/mol. The van der Waals surface area contributed by atoms with Crippen LogP contribution in [-0.2, 0) is 9.59 Å². The van der Waals surface area contributed by atoms with Crippen molar-refractivity contribution in [2.75, 3.05) is 29.9 Å². The molecule has 1 aromatic heterocycles. The molecule has 8 aromatic rings. The van der Waals surface area contributed by atoms with Crippen LogP contribution in [0, 0.1) is 6.92 Å². The van der Waals surface area contributed by atoms with E-state index in [-0.39, 0.29) is 53.7 Å². The molecule has 0 amide bonds. The molecule has 6 N–H and O–H groups in total. The number of H-pyrrole nitrogens is 1. The number of nitrogens with zero attached hydrogens (tertiary/aromatic N) is 1. The molecule has 7 aromatic carbocycles. The van der Waals surface area contributed by atoms with Gasteiger partial charge in [0.25, 0.3) is 0 Å². The number of phenols is 1. The van der Waals surface area contributed by atoms with Gasteiger partial charge in [-0.15, -0.1) is 51.1 Å². The number of ketones is 2. The van der Waals surface area contributed by atoms with Crippen molar-refractivity contribution in [3.8, 4) is 46.0 Å². The van der Waals surface area contributed by atoms with Gasteiger partial charge in [-0.2, -0.15) is 5.10 Å². The molecule has 456 valence electrons. The lowest BCUT2D eigenvalue weighted by atomic mass is 10.2. The highest BCUT2D eigenvalue weighted by Gasteiger charge is 2.32. The summed E-state index contributed by atoms with van der Waals surface area (Å²) in [4.78, 5) is 23.2. The Hall–Kier alpha value is -7.93. The number of Topliss-reactive ketones (excluding diaryl/α,β-unsaturated/α-hetero) is 2. The van der Waals surface area contributed by atoms with Crippen molar-refractivity contribution in [3.05, 3.63) is 190 Å². The van der Waals surface area contributed by atoms with Gasteiger partial charge in [0, 0.05) is 43.7 Å². The van der Waals surface area contributed by atoms with Gasteiger partial charge in [0.1, 0.15) is 59.2 Å². The topological polar surface area (TPSA) is 188 Å². The number of benzene rings is 7. The Morgan fingerprint density at radius 2 is 0.929 bits per heavy atom. The Kier molecular flexibility index (Phi) is 29.7. The van der Waals surface area contributed by atoms with Crippen molar-refractivity contribution in [1.82, 2.24) is 4.98 Å². The fraction of sp³-hybridized carbons (Fsp3) is 0.175. The van der Waals surface area contributed by atoms with E-state index in [0.717, 1.165) is 6.07 Å². The Morgan fingerprint density at radius 1 is 0.541 bits per heavy atom. The van der Waals surface area contributed by atoms with Crippen molar-refractivity contribution < 1.29 is 82.6 Å². The van der Waals surface area contributed by atoms with E-state index in [1.54, 1.807) is 117 Å². The summed E-state index contributed by atoms with van der Waals surface area (Å²) >= 11 is 27.7. The third-order valence-corrected chi connectivity index (χ3v) is 10.8. The van der Waals surface area contributed by atoms with Crippen LogP contribution in [0.1, 0.15) is 26.5 Å². The number of carbonyl (C=O) groups is 2. The summed E-state index contributed by atoms with van der Waals surface area (Å²) in [5.74, 6) is 6.91. The highest BCUT2D eigenvalue weighted by Crippen LogP contribution is 2.37. The summed E-state index contributed by atoms with van der Waals surface area (Å²) in [7, 11) is 0. The van der Waals surface area contributed by atoms with Crippen molar-refractivity contribution in [2.24, 2.45) is 10.9 Å². The third kappa shape index (κ3) is 31.5. The molecule has 28 heteroatoms. The van der Waals surface area contributed by atoms with Crippen LogP contribution in [0.5, 0.6) is 46.0 Å². The number of fused-ring (bicyclic) bond motifs is 1. The number of ether oxygens (including phenoxy) is 6. The number of alkyl halides is 10. The van der Waals surface area contributed by atoms with Crippen LogP contribution in [-0.4, -0.2) is 65.5 Å². The molecule has 1 heterocycles. The fourth-order valence-corrected chi connectivity index (χ4v) is 6.35. The van der Waals surface area contributed by atoms with Crippen LogP contribution in [0.15, 0.2) is 169 Å². The Balaban J connectivity index is 0.000000285. The van der Waals surface area contributed by atoms with Gasteiger partial charge in [-0.3, -0.25) is 20.9 Å². The number of phenolic OH excluding ortho intramolecular Hbond substituents is 1. The number of anilines is 2. The van der Waals surface area contributed by atoms with E-state index >= 15 is 0 Å². The second-order valence-corrected chi connectivity index (χ2v) is 18.7. The summed E-state index contributed by atoms with van der Waals surface area (Å²) in [6.45, 7) is 6.76. The molecule has 0 bridgehead atoms. The van der Waals surface area contributed by atoms with Gasteiger partial charge in [-0.05, 0) is 161 Å². The number of aryl methyl sites for hydroxylation is 1. The average Bonchev–Trinajstić information content (AvgIpc) is 4.03. The van der Waals surface area contributed by atoms with E-state index in [9.17, 15) is 49.1 Å². The standard InChI is InChI=1S/C16H14ClF3N2O2.C16H11ClF3NO2.C9H9ClO2.C7H7F3N2O.C6H5ClO.C3H5ClO/c1-11(10-23-14-7-5-12(17)6-8-14)21-22-13-3-2-4-15(9-13)24-16(18,19)20;1-9-15(22-11-4-2-10(17)3-5-11)13-7-6-12(8-14(13)21-9)23-16(18,19)20;1-7(11)6-12-9-4-2-8(10)3-5-9;8-7(9,10)13-6-3-1-2-5(4-6)12-11;7-5-1-3-6(8)4-2-5;1-3(5)2-4/h2-9,22H,10H2,1H3;2-8,21H,1H3;2-5H,6H2,1H3;1-4,12H,11H2;1-4,8H;2H2,1H3/b21-11+;;;;;. The van der Waals surface area contributed by atoms with Gasteiger partial charge in [-0.25, -0.2) is 0 Å². The number of halogens is 14. The Bertz CT molecular complexity index is 3320. The number of carbonyl (C=O) groups excluding carboxylic acids is 2. The van der Waals surface area contributed by atoms with Crippen LogP contribution in [0.4, 0.5) is 50.9 Å². The van der Waals surface area contributed by atoms with Crippen LogP contribution in [0.2, 0.25) is 20.1 Å². The Labute approximate surface area is 506 Å². The molecular formula is C57H51Cl5F9N5O9. The molecule has 0 unspecified atom stereocenters. The van der Waals surface area contributed by atoms with Gasteiger partial charge in [0.15, 0.2) is 11.5 Å². The van der Waals surface area contributed by atoms with E-state index in [1.165, 1.54) is 68.4 Å². The van der Waals surface area contributed by atoms with E-state index in [0.29, 0.717) is 76.8 Å². The van der Waals surface area contributed by atoms with Crippen molar-refractivity contribution >= 4 is 97.6 Å². The first kappa shape index (κ1) is 71.3. The maximum Gasteiger partial charge on any atom is 0.573 e. The van der Waals surface area contributed by atoms with Crippen molar-refractivity contribution in [2.45, 2.75) is 46.8 Å². The van der Waals surface area contributed by atoms with Gasteiger partial charge in [0.05, 0.1) is 34.2 Å². The first-order valence-corrected chi connectivity index (χ1v) is 26.0. The minimum absolute atomic E-state index is 0.00458. The van der Waals surface area contributed by atoms with Crippen LogP contribution in [0.3, 0.4) is 0 Å². The number of nitrogens with one attached hydrogen (secondary N) is 3. The van der Waals surface area contributed by atoms with Crippen LogP contribution < -0.4 is 45.1 Å². The molecule has 0 aliphatic rings. The number of hydrazone groups is 1. The largest absolute Gasteiger partial charge is 0.573 e. The van der Waals surface area contributed by atoms with Crippen LogP contribution >= 0.6 is 58.0 Å². The molecule has 8 rings (SSSR count). The molecule has 0 radical (unpaired) electrons. The minimum Gasteiger partial charge on any atom is -0.508 e. The highest BCUT2D eigenvalue weighted by atomic mass is 35.5. The quantitative estimate of drug-likeness (QED) is 0.0215. The Morgan fingerprint density at radius 3 is 1.34 bits per heavy atom. The van der Waals surface area contributed by atoms with E-state index in [2.05, 4.69) is 35.1 Å². The van der Waals surface area contributed by atoms with Crippen LogP contribution in [0.25, 0.3) is 10.9 Å². The van der Waals surface area contributed by atoms with E-state index in [4.69, 9.17) is 83.2 Å². The van der Waals surface area contributed by atoms with Gasteiger partial charge < -0.3 is 43.9 Å². The molecule has 0 spiro atoms. The molecule has 0 aliphatic carbocycles. The number of aromatic amines is 1. The summed E-state index contributed by atoms with van der Waals surface area (Å²) in [5, 5.41) is 15.9. The third-order valence-electron chi connectivity index (χ3n) is 9.38. The monoisotopic (exact) mass is 1300 g/mol. The lowest BCUT2D eigenvalue weighted by Crippen LogP contribution is -2.17. The zero-order valence-corrected chi connectivity index (χ0v) is 48.5. The minimum atomic E-state index is -4.73. The summed E-state index contributed by atoms with van der Waals surface area (Å²) in [6.07, 6.45) is -14.1. The predicted octanol–water partition coefficient (Wildman–Crippen LogP) is 18.0. The molecule has 0 fully saturated rings. The normalized spacial score (nSPS) is 10.9. The maximum absolute atomic E-state index is 12.3. The lowest BCUT2D eigenvalue weighted by Gasteiger charge is -2.10. The van der Waals surface area contributed by atoms with E-state index in [1.807, 2.05) is 0 Å². The molecule has 0 saturated carbocycles. The van der Waals surface area contributed by atoms with Gasteiger partial charge in [0.2, 0.25) is 0 Å². The molecule has 85 heavy (non-hydrogen) atoms. The van der Waals surface area contributed by atoms with Gasteiger partial charge >= 0.3 is 19.1 Å². The number of aromatic nitrogens is 1. The number of rotatable bonds is 15. The van der Waals surface area contributed by atoms with E-state index < -0.39 is 19.1 Å². The fourth-order valence-electron chi connectivity index (χ4n) is 5.85. The van der Waals surface area contributed by atoms with Crippen molar-refractivity contribution in [1.29, 1.82) is 0 Å². The highest BCUT2D eigenvalue weighted by molar-refractivity contribution is 6.31. The number of nitrogens with two attached hydrogens (primary N) is 1. The molecule has 0 aliphatic heterocycles. The summed E-state index contributed by atoms with van der Waals surface area (Å²) in [5.41, 5.74) is 7.36. The zero-order chi connectivity index (χ0) is 63.3.